The van der Waals surface area contributed by atoms with Gasteiger partial charge in [0, 0.05) is 0 Å². The molecule has 48 valence electrons. The van der Waals surface area contributed by atoms with Crippen molar-refractivity contribution in [3.63, 3.8) is 0 Å². The van der Waals surface area contributed by atoms with Crippen molar-refractivity contribution in [3.8, 4) is 0 Å². The standard InChI is InChI=1S/C8H10O/c1-7-5-3-4-6-8(7,2)9-7/h3-6H,1-2H3. The maximum absolute atomic E-state index is 5.48. The normalized spacial score (nSPS) is 53.1. The van der Waals surface area contributed by atoms with E-state index in [9.17, 15) is 0 Å². The summed E-state index contributed by atoms with van der Waals surface area (Å²) in [4.78, 5) is 0. The lowest BCUT2D eigenvalue weighted by atomic mass is 9.92. The summed E-state index contributed by atoms with van der Waals surface area (Å²) in [5, 5.41) is 0. The molecular formula is C8H10O. The van der Waals surface area contributed by atoms with E-state index in [1.165, 1.54) is 0 Å². The van der Waals surface area contributed by atoms with Crippen LogP contribution in [0, 0.1) is 0 Å². The maximum Gasteiger partial charge on any atom is 0.117 e. The summed E-state index contributed by atoms with van der Waals surface area (Å²) in [6, 6.07) is 0. The highest BCUT2D eigenvalue weighted by atomic mass is 16.6. The Kier molecular flexibility index (Phi) is 0.665. The van der Waals surface area contributed by atoms with Crippen LogP contribution in [0.4, 0.5) is 0 Å². The number of rotatable bonds is 0. The monoisotopic (exact) mass is 122 g/mol. The molecule has 0 aromatic heterocycles. The van der Waals surface area contributed by atoms with Gasteiger partial charge in [0.25, 0.3) is 0 Å². The van der Waals surface area contributed by atoms with Crippen LogP contribution in [0.3, 0.4) is 0 Å². The summed E-state index contributed by atoms with van der Waals surface area (Å²) in [5.41, 5.74) is 0.0312. The summed E-state index contributed by atoms with van der Waals surface area (Å²) in [5.74, 6) is 0. The number of ether oxygens (including phenoxy) is 1. The zero-order valence-corrected chi connectivity index (χ0v) is 5.72. The highest BCUT2D eigenvalue weighted by Gasteiger charge is 2.60. The van der Waals surface area contributed by atoms with Crippen LogP contribution in [0.25, 0.3) is 0 Å². The molecule has 1 aliphatic heterocycles. The van der Waals surface area contributed by atoms with E-state index in [0.29, 0.717) is 0 Å². The van der Waals surface area contributed by atoms with Crippen molar-refractivity contribution in [1.29, 1.82) is 0 Å². The van der Waals surface area contributed by atoms with Gasteiger partial charge in [0.15, 0.2) is 0 Å². The molecular weight excluding hydrogens is 112 g/mol. The summed E-state index contributed by atoms with van der Waals surface area (Å²) < 4.78 is 5.48. The minimum Gasteiger partial charge on any atom is -0.354 e. The van der Waals surface area contributed by atoms with Crippen molar-refractivity contribution < 1.29 is 4.74 Å². The predicted octanol–water partition coefficient (Wildman–Crippen LogP) is 1.66. The first-order valence-corrected chi connectivity index (χ1v) is 3.24. The van der Waals surface area contributed by atoms with Gasteiger partial charge in [0.2, 0.25) is 0 Å². The lowest BCUT2D eigenvalue weighted by Crippen LogP contribution is -2.16. The van der Waals surface area contributed by atoms with Crippen LogP contribution < -0.4 is 0 Å². The molecule has 1 heterocycles. The Morgan fingerprint density at radius 3 is 1.78 bits per heavy atom. The molecule has 1 saturated heterocycles. The summed E-state index contributed by atoms with van der Waals surface area (Å²) in [7, 11) is 0. The number of allylic oxidation sites excluding steroid dienone is 2. The zero-order chi connectivity index (χ0) is 6.54. The first-order chi connectivity index (χ1) is 4.16. The summed E-state index contributed by atoms with van der Waals surface area (Å²) >= 11 is 0. The number of fused-ring (bicyclic) bond motifs is 1. The number of hydrogen-bond acceptors (Lipinski definition) is 1. The fourth-order valence-corrected chi connectivity index (χ4v) is 1.29. The van der Waals surface area contributed by atoms with Gasteiger partial charge in [-0.25, -0.2) is 0 Å². The van der Waals surface area contributed by atoms with E-state index in [1.807, 2.05) is 12.2 Å². The van der Waals surface area contributed by atoms with E-state index in [1.54, 1.807) is 0 Å². The third kappa shape index (κ3) is 0.479. The van der Waals surface area contributed by atoms with Gasteiger partial charge in [-0.15, -0.1) is 0 Å². The third-order valence-electron chi connectivity index (χ3n) is 2.31. The first-order valence-electron chi connectivity index (χ1n) is 3.24. The molecule has 0 N–H and O–H groups in total. The molecule has 1 fully saturated rings. The van der Waals surface area contributed by atoms with Gasteiger partial charge in [-0.05, 0) is 26.0 Å². The predicted molar refractivity (Wildman–Crippen MR) is 36.2 cm³/mol. The molecule has 0 amide bonds. The summed E-state index contributed by atoms with van der Waals surface area (Å²) in [6.07, 6.45) is 8.28. The largest absolute Gasteiger partial charge is 0.354 e. The molecule has 0 aromatic carbocycles. The van der Waals surface area contributed by atoms with Crippen LogP contribution >= 0.6 is 0 Å². The smallest absolute Gasteiger partial charge is 0.117 e. The fraction of sp³-hybridized carbons (Fsp3) is 0.500. The van der Waals surface area contributed by atoms with Crippen molar-refractivity contribution in [3.05, 3.63) is 24.3 Å². The van der Waals surface area contributed by atoms with Gasteiger partial charge in [-0.3, -0.25) is 0 Å². The molecule has 2 unspecified atom stereocenters. The van der Waals surface area contributed by atoms with Crippen LogP contribution in [0.2, 0.25) is 0 Å². The van der Waals surface area contributed by atoms with Crippen molar-refractivity contribution in [1.82, 2.24) is 0 Å². The first kappa shape index (κ1) is 5.24. The molecule has 0 radical (unpaired) electrons. The second kappa shape index (κ2) is 1.14. The van der Waals surface area contributed by atoms with Crippen molar-refractivity contribution >= 4 is 0 Å². The lowest BCUT2D eigenvalue weighted by Gasteiger charge is -2.05. The average Bonchev–Trinajstić information content (AvgIpc) is 2.33. The van der Waals surface area contributed by atoms with E-state index in [0.717, 1.165) is 0 Å². The minimum absolute atomic E-state index is 0.0156. The number of epoxide rings is 1. The SMILES string of the molecule is CC12C=CC=CC1(C)O2. The molecule has 2 aliphatic rings. The zero-order valence-electron chi connectivity index (χ0n) is 5.72. The molecule has 0 bridgehead atoms. The van der Waals surface area contributed by atoms with Crippen LogP contribution in [-0.4, -0.2) is 11.2 Å². The Bertz CT molecular complexity index is 183. The molecule has 0 spiro atoms. The van der Waals surface area contributed by atoms with Crippen LogP contribution in [0.1, 0.15) is 13.8 Å². The Morgan fingerprint density at radius 2 is 1.44 bits per heavy atom. The van der Waals surface area contributed by atoms with E-state index >= 15 is 0 Å². The van der Waals surface area contributed by atoms with Gasteiger partial charge in [0.1, 0.15) is 11.2 Å². The van der Waals surface area contributed by atoms with Gasteiger partial charge < -0.3 is 4.74 Å². The van der Waals surface area contributed by atoms with Crippen molar-refractivity contribution in [2.75, 3.05) is 0 Å². The Balaban J connectivity index is 2.40. The molecule has 2 atom stereocenters. The summed E-state index contributed by atoms with van der Waals surface area (Å²) in [6.45, 7) is 4.21. The fourth-order valence-electron chi connectivity index (χ4n) is 1.29. The second-order valence-electron chi connectivity index (χ2n) is 3.03. The van der Waals surface area contributed by atoms with Gasteiger partial charge in [-0.1, -0.05) is 12.2 Å². The Morgan fingerprint density at radius 1 is 1.00 bits per heavy atom. The molecule has 2 rings (SSSR count). The minimum atomic E-state index is 0.0156. The van der Waals surface area contributed by atoms with Crippen LogP contribution in [0.5, 0.6) is 0 Å². The highest BCUT2D eigenvalue weighted by molar-refractivity contribution is 5.36. The van der Waals surface area contributed by atoms with Gasteiger partial charge >= 0.3 is 0 Å². The van der Waals surface area contributed by atoms with Crippen molar-refractivity contribution in [2.45, 2.75) is 25.0 Å². The average molecular weight is 122 g/mol. The van der Waals surface area contributed by atoms with Gasteiger partial charge in [-0.2, -0.15) is 0 Å². The van der Waals surface area contributed by atoms with E-state index < -0.39 is 0 Å². The van der Waals surface area contributed by atoms with Crippen molar-refractivity contribution in [2.24, 2.45) is 0 Å². The molecule has 1 nitrogen and oxygen atoms in total. The topological polar surface area (TPSA) is 12.5 Å². The molecule has 0 aromatic rings. The molecule has 1 aliphatic carbocycles. The quantitative estimate of drug-likeness (QED) is 0.445. The van der Waals surface area contributed by atoms with Crippen LogP contribution in [0.15, 0.2) is 24.3 Å². The Labute approximate surface area is 55.0 Å². The number of hydrogen-bond donors (Lipinski definition) is 0. The molecule has 1 heteroatoms. The van der Waals surface area contributed by atoms with Crippen LogP contribution in [-0.2, 0) is 4.74 Å². The molecule has 0 saturated carbocycles. The molecule has 9 heavy (non-hydrogen) atoms. The van der Waals surface area contributed by atoms with E-state index in [4.69, 9.17) is 4.74 Å². The van der Waals surface area contributed by atoms with E-state index in [-0.39, 0.29) is 11.2 Å². The Hall–Kier alpha value is -0.560. The second-order valence-corrected chi connectivity index (χ2v) is 3.03. The highest BCUT2D eigenvalue weighted by Crippen LogP contribution is 2.51. The lowest BCUT2D eigenvalue weighted by molar-refractivity contribution is 0.323. The maximum atomic E-state index is 5.48. The third-order valence-corrected chi connectivity index (χ3v) is 2.31. The van der Waals surface area contributed by atoms with E-state index in [2.05, 4.69) is 26.0 Å². The van der Waals surface area contributed by atoms with Gasteiger partial charge in [0.05, 0.1) is 0 Å².